The molecular weight excluding hydrogens is 292 g/mol. The second-order valence-electron chi connectivity index (χ2n) is 6.05. The van der Waals surface area contributed by atoms with Gasteiger partial charge in [-0.1, -0.05) is 45.6 Å². The summed E-state index contributed by atoms with van der Waals surface area (Å²) >= 11 is 0. The van der Waals surface area contributed by atoms with Gasteiger partial charge in [0.1, 0.15) is 6.10 Å². The lowest BCUT2D eigenvalue weighted by Crippen LogP contribution is -2.15. The van der Waals surface area contributed by atoms with Gasteiger partial charge in [0, 0.05) is 12.8 Å². The zero-order valence-electron chi connectivity index (χ0n) is 14.9. The van der Waals surface area contributed by atoms with Gasteiger partial charge in [0.15, 0.2) is 0 Å². The van der Waals surface area contributed by atoms with E-state index >= 15 is 0 Å². The summed E-state index contributed by atoms with van der Waals surface area (Å²) in [6.45, 7) is 4.16. The average molecular weight is 326 g/mol. The highest BCUT2D eigenvalue weighted by atomic mass is 16.5. The van der Waals surface area contributed by atoms with Gasteiger partial charge < -0.3 is 9.84 Å². The van der Waals surface area contributed by atoms with Crippen LogP contribution in [-0.4, -0.2) is 23.1 Å². The Bertz CT molecular complexity index is 336. The first-order valence-corrected chi connectivity index (χ1v) is 9.18. The van der Waals surface area contributed by atoms with Crippen molar-refractivity contribution in [3.8, 4) is 0 Å². The molecule has 134 valence electrons. The topological polar surface area (TPSA) is 63.6 Å². The number of aliphatic carboxylic acids is 1. The molecule has 0 amide bonds. The molecule has 1 N–H and O–H groups in total. The normalized spacial score (nSPS) is 12.4. The molecule has 0 aromatic heterocycles. The largest absolute Gasteiger partial charge is 0.481 e. The number of carbonyl (C=O) groups excluding carboxylic acids is 1. The van der Waals surface area contributed by atoms with Crippen molar-refractivity contribution in [2.24, 2.45) is 0 Å². The second kappa shape index (κ2) is 15.6. The van der Waals surface area contributed by atoms with E-state index in [4.69, 9.17) is 9.84 Å². The van der Waals surface area contributed by atoms with Gasteiger partial charge in [-0.2, -0.15) is 0 Å². The summed E-state index contributed by atoms with van der Waals surface area (Å²) in [4.78, 5) is 22.1. The van der Waals surface area contributed by atoms with E-state index in [1.807, 2.05) is 13.0 Å². The van der Waals surface area contributed by atoms with Crippen LogP contribution in [0.5, 0.6) is 0 Å². The first-order valence-electron chi connectivity index (χ1n) is 9.18. The van der Waals surface area contributed by atoms with Gasteiger partial charge in [-0.25, -0.2) is 0 Å². The first kappa shape index (κ1) is 21.7. The van der Waals surface area contributed by atoms with Crippen LogP contribution < -0.4 is 0 Å². The van der Waals surface area contributed by atoms with Crippen molar-refractivity contribution in [1.29, 1.82) is 0 Å². The number of rotatable bonds is 15. The van der Waals surface area contributed by atoms with Crippen LogP contribution in [-0.2, 0) is 14.3 Å². The minimum Gasteiger partial charge on any atom is -0.481 e. The lowest BCUT2D eigenvalue weighted by Gasteiger charge is -2.14. The van der Waals surface area contributed by atoms with Crippen molar-refractivity contribution >= 4 is 11.9 Å². The molecule has 4 nitrogen and oxygen atoms in total. The Balaban J connectivity index is 4.05. The molecule has 0 spiro atoms. The molecule has 0 rings (SSSR count). The summed E-state index contributed by atoms with van der Waals surface area (Å²) in [6, 6.07) is 0. The SMILES string of the molecule is CCCCC/C=C\C(CCCCCCC(=O)O)OC(=O)CCC. The number of carboxylic acid groups (broad SMARTS) is 1. The van der Waals surface area contributed by atoms with Gasteiger partial charge in [0.25, 0.3) is 0 Å². The van der Waals surface area contributed by atoms with E-state index in [-0.39, 0.29) is 18.5 Å². The van der Waals surface area contributed by atoms with Crippen molar-refractivity contribution < 1.29 is 19.4 Å². The Labute approximate surface area is 141 Å². The predicted octanol–water partition coefficient (Wildman–Crippen LogP) is 5.26. The lowest BCUT2D eigenvalue weighted by atomic mass is 10.1. The summed E-state index contributed by atoms with van der Waals surface area (Å²) in [5, 5.41) is 8.60. The maximum absolute atomic E-state index is 11.7. The number of ether oxygens (including phenoxy) is 1. The molecule has 0 aromatic carbocycles. The molecule has 0 radical (unpaired) electrons. The van der Waals surface area contributed by atoms with Gasteiger partial charge in [-0.05, 0) is 44.6 Å². The summed E-state index contributed by atoms with van der Waals surface area (Å²) in [5.41, 5.74) is 0. The van der Waals surface area contributed by atoms with Gasteiger partial charge in [-0.3, -0.25) is 9.59 Å². The molecule has 4 heteroatoms. The Morgan fingerprint density at radius 1 is 0.957 bits per heavy atom. The Morgan fingerprint density at radius 2 is 1.70 bits per heavy atom. The van der Waals surface area contributed by atoms with Crippen LogP contribution in [0, 0.1) is 0 Å². The maximum Gasteiger partial charge on any atom is 0.306 e. The Hall–Kier alpha value is -1.32. The van der Waals surface area contributed by atoms with E-state index in [1.165, 1.54) is 19.3 Å². The Kier molecular flexibility index (Phi) is 14.7. The van der Waals surface area contributed by atoms with Crippen LogP contribution >= 0.6 is 0 Å². The summed E-state index contributed by atoms with van der Waals surface area (Å²) in [6.07, 6.45) is 14.6. The molecule has 0 saturated carbocycles. The molecule has 0 heterocycles. The number of hydrogen-bond donors (Lipinski definition) is 1. The fourth-order valence-electron chi connectivity index (χ4n) is 2.36. The Morgan fingerprint density at radius 3 is 2.35 bits per heavy atom. The van der Waals surface area contributed by atoms with Crippen molar-refractivity contribution in [2.75, 3.05) is 0 Å². The summed E-state index contributed by atoms with van der Waals surface area (Å²) in [7, 11) is 0. The molecular formula is C19H34O4. The van der Waals surface area contributed by atoms with Crippen molar-refractivity contribution in [2.45, 2.75) is 97.0 Å². The van der Waals surface area contributed by atoms with Crippen LogP contribution in [0.4, 0.5) is 0 Å². The average Bonchev–Trinajstić information content (AvgIpc) is 2.50. The van der Waals surface area contributed by atoms with Gasteiger partial charge in [-0.15, -0.1) is 0 Å². The molecule has 1 unspecified atom stereocenters. The fraction of sp³-hybridized carbons (Fsp3) is 0.789. The van der Waals surface area contributed by atoms with E-state index in [2.05, 4.69) is 13.0 Å². The molecule has 0 aliphatic rings. The van der Waals surface area contributed by atoms with Crippen molar-refractivity contribution in [3.05, 3.63) is 12.2 Å². The van der Waals surface area contributed by atoms with Crippen LogP contribution in [0.1, 0.15) is 90.9 Å². The van der Waals surface area contributed by atoms with Gasteiger partial charge in [0.05, 0.1) is 0 Å². The highest BCUT2D eigenvalue weighted by molar-refractivity contribution is 5.69. The fourth-order valence-corrected chi connectivity index (χ4v) is 2.36. The number of allylic oxidation sites excluding steroid dienone is 1. The van der Waals surface area contributed by atoms with E-state index in [0.717, 1.165) is 44.9 Å². The second-order valence-corrected chi connectivity index (χ2v) is 6.05. The standard InChI is InChI=1S/C19H34O4/c1-3-5-6-7-10-14-17(23-19(22)13-4-2)15-11-8-9-12-16-18(20)21/h10,14,17H,3-9,11-13,15-16H2,1-2H3,(H,20,21)/b14-10-. The van der Waals surface area contributed by atoms with Gasteiger partial charge in [0.2, 0.25) is 0 Å². The van der Waals surface area contributed by atoms with Crippen LogP contribution in [0.15, 0.2) is 12.2 Å². The molecule has 0 bridgehead atoms. The van der Waals surface area contributed by atoms with Crippen LogP contribution in [0.3, 0.4) is 0 Å². The van der Waals surface area contributed by atoms with E-state index in [9.17, 15) is 9.59 Å². The smallest absolute Gasteiger partial charge is 0.306 e. The molecule has 1 atom stereocenters. The third kappa shape index (κ3) is 15.4. The number of carboxylic acids is 1. The lowest BCUT2D eigenvalue weighted by molar-refractivity contribution is -0.147. The molecule has 23 heavy (non-hydrogen) atoms. The first-order chi connectivity index (χ1) is 11.1. The third-order valence-electron chi connectivity index (χ3n) is 3.69. The summed E-state index contributed by atoms with van der Waals surface area (Å²) in [5.74, 6) is -0.854. The molecule has 0 saturated heterocycles. The highest BCUT2D eigenvalue weighted by Crippen LogP contribution is 2.13. The quantitative estimate of drug-likeness (QED) is 0.253. The van der Waals surface area contributed by atoms with Crippen molar-refractivity contribution in [1.82, 2.24) is 0 Å². The molecule has 0 aliphatic heterocycles. The van der Waals surface area contributed by atoms with Crippen molar-refractivity contribution in [3.63, 3.8) is 0 Å². The minimum atomic E-state index is -0.730. The van der Waals surface area contributed by atoms with E-state index in [1.54, 1.807) is 0 Å². The molecule has 0 aromatic rings. The zero-order valence-corrected chi connectivity index (χ0v) is 14.9. The maximum atomic E-state index is 11.7. The number of carbonyl (C=O) groups is 2. The predicted molar refractivity (Wildman–Crippen MR) is 93.4 cm³/mol. The zero-order chi connectivity index (χ0) is 17.3. The monoisotopic (exact) mass is 326 g/mol. The number of hydrogen-bond acceptors (Lipinski definition) is 3. The van der Waals surface area contributed by atoms with E-state index < -0.39 is 5.97 Å². The van der Waals surface area contributed by atoms with Gasteiger partial charge >= 0.3 is 11.9 Å². The number of esters is 1. The molecule has 0 fully saturated rings. The van der Waals surface area contributed by atoms with Crippen LogP contribution in [0.25, 0.3) is 0 Å². The summed E-state index contributed by atoms with van der Waals surface area (Å²) < 4.78 is 5.52. The van der Waals surface area contributed by atoms with Crippen LogP contribution in [0.2, 0.25) is 0 Å². The highest BCUT2D eigenvalue weighted by Gasteiger charge is 2.10. The molecule has 0 aliphatic carbocycles. The third-order valence-corrected chi connectivity index (χ3v) is 3.69. The van der Waals surface area contributed by atoms with E-state index in [0.29, 0.717) is 6.42 Å². The number of unbranched alkanes of at least 4 members (excludes halogenated alkanes) is 6. The minimum absolute atomic E-state index is 0.124.